The monoisotopic (exact) mass is 235 g/mol. The van der Waals surface area contributed by atoms with Gasteiger partial charge in [-0.3, -0.25) is 0 Å². The molecular weight excluding hydrogens is 226 g/mol. The molecule has 86 valence electrons. The average Bonchev–Trinajstić information content (AvgIpc) is 2.10. The van der Waals surface area contributed by atoms with Gasteiger partial charge in [-0.05, 0) is 0 Å². The van der Waals surface area contributed by atoms with E-state index in [-0.39, 0.29) is 5.75 Å². The van der Waals surface area contributed by atoms with E-state index in [1.807, 2.05) is 0 Å². The zero-order chi connectivity index (χ0) is 12.0. The summed E-state index contributed by atoms with van der Waals surface area (Å²) in [6.07, 6.45) is -0.729. The minimum atomic E-state index is -1.57. The van der Waals surface area contributed by atoms with Crippen molar-refractivity contribution in [2.45, 2.75) is 17.7 Å². The summed E-state index contributed by atoms with van der Waals surface area (Å²) >= 11 is 0.628. The summed E-state index contributed by atoms with van der Waals surface area (Å²) in [7, 11) is 0. The van der Waals surface area contributed by atoms with Crippen molar-refractivity contribution in [1.82, 2.24) is 0 Å². The number of aliphatic carboxylic acids is 3. The second kappa shape index (κ2) is 6.25. The van der Waals surface area contributed by atoms with Gasteiger partial charge in [0.05, 0.1) is 17.7 Å². The fourth-order valence-corrected chi connectivity index (χ4v) is 1.65. The fourth-order valence-electron chi connectivity index (χ4n) is 0.662. The molecule has 0 spiro atoms. The molecule has 15 heavy (non-hydrogen) atoms. The summed E-state index contributed by atoms with van der Waals surface area (Å²) in [6.45, 7) is 0. The third kappa shape index (κ3) is 5.92. The van der Waals surface area contributed by atoms with Crippen molar-refractivity contribution >= 4 is 29.7 Å². The van der Waals surface area contributed by atoms with E-state index >= 15 is 0 Å². The van der Waals surface area contributed by atoms with Gasteiger partial charge in [0.2, 0.25) is 0 Å². The molecule has 0 aliphatic carbocycles. The van der Waals surface area contributed by atoms with Crippen LogP contribution in [-0.2, 0) is 14.4 Å². The SMILES string of the molecule is [NH3+][C@@H](CSC(CC(=O)[O-])C(=O)[O-])C(=O)[O-]. The number of carbonyl (C=O) groups is 3. The molecule has 0 fully saturated rings. The van der Waals surface area contributed by atoms with Crippen LogP contribution in [0.4, 0.5) is 0 Å². The van der Waals surface area contributed by atoms with Crippen LogP contribution < -0.4 is 21.1 Å². The van der Waals surface area contributed by atoms with Gasteiger partial charge < -0.3 is 35.4 Å². The van der Waals surface area contributed by atoms with Crippen LogP contribution in [0.2, 0.25) is 0 Å². The smallest absolute Gasteiger partial charge is 0.134 e. The minimum Gasteiger partial charge on any atom is -0.550 e. The Labute approximate surface area is 89.3 Å². The number of hydrogen-bond donors (Lipinski definition) is 1. The normalized spacial score (nSPS) is 14.2. The first-order valence-electron chi connectivity index (χ1n) is 3.90. The Kier molecular flexibility index (Phi) is 5.72. The zero-order valence-corrected chi connectivity index (χ0v) is 8.45. The molecule has 0 bridgehead atoms. The summed E-state index contributed by atoms with van der Waals surface area (Å²) in [5.41, 5.74) is 3.19. The molecule has 0 aromatic heterocycles. The Hall–Kier alpha value is -1.28. The maximum Gasteiger partial charge on any atom is 0.134 e. The molecule has 0 rings (SSSR count). The van der Waals surface area contributed by atoms with Crippen molar-refractivity contribution in [3.05, 3.63) is 0 Å². The van der Waals surface area contributed by atoms with E-state index < -0.39 is 35.6 Å². The summed E-state index contributed by atoms with van der Waals surface area (Å²) in [6, 6.07) is -1.10. The molecule has 0 aromatic carbocycles. The number of hydrogen-bond acceptors (Lipinski definition) is 7. The summed E-state index contributed by atoms with van der Waals surface area (Å²) in [5, 5.41) is 29.4. The van der Waals surface area contributed by atoms with Crippen LogP contribution in [0.1, 0.15) is 6.42 Å². The van der Waals surface area contributed by atoms with Gasteiger partial charge in [-0.1, -0.05) is 0 Å². The van der Waals surface area contributed by atoms with Crippen molar-refractivity contribution in [2.75, 3.05) is 5.75 Å². The van der Waals surface area contributed by atoms with Crippen LogP contribution in [0.25, 0.3) is 0 Å². The van der Waals surface area contributed by atoms with Gasteiger partial charge in [-0.25, -0.2) is 0 Å². The van der Waals surface area contributed by atoms with Crippen LogP contribution in [0.15, 0.2) is 0 Å². The van der Waals surface area contributed by atoms with Crippen LogP contribution in [0.3, 0.4) is 0 Å². The highest BCUT2D eigenvalue weighted by atomic mass is 32.2. The molecule has 3 N–H and O–H groups in total. The molecule has 8 heteroatoms. The Morgan fingerprint density at radius 2 is 1.67 bits per heavy atom. The lowest BCUT2D eigenvalue weighted by Gasteiger charge is -2.19. The zero-order valence-electron chi connectivity index (χ0n) is 7.63. The van der Waals surface area contributed by atoms with Gasteiger partial charge in [0, 0.05) is 17.6 Å². The van der Waals surface area contributed by atoms with E-state index in [1.54, 1.807) is 0 Å². The maximum absolute atomic E-state index is 10.4. The Balaban J connectivity index is 4.13. The molecular formula is C7H9NO6S-2. The molecule has 0 saturated heterocycles. The molecule has 1 unspecified atom stereocenters. The molecule has 0 radical (unpaired) electrons. The lowest BCUT2D eigenvalue weighted by molar-refractivity contribution is -0.431. The standard InChI is InChI=1S/C7H11NO6S/c8-3(6(11)12)2-15-4(7(13)14)1-5(9)10/h3-4H,1-2,8H2,(H,9,10)(H,11,12)(H,13,14)/p-2/t3-,4?/m0/s1. The summed E-state index contributed by atoms with van der Waals surface area (Å²) in [5.74, 6) is -4.69. The van der Waals surface area contributed by atoms with Gasteiger partial charge in [-0.15, -0.1) is 11.8 Å². The highest BCUT2D eigenvalue weighted by molar-refractivity contribution is 8.00. The first-order valence-corrected chi connectivity index (χ1v) is 4.95. The van der Waals surface area contributed by atoms with Gasteiger partial charge in [0.1, 0.15) is 6.04 Å². The molecule has 0 amide bonds. The number of carbonyl (C=O) groups excluding carboxylic acids is 3. The second-order valence-corrected chi connectivity index (χ2v) is 3.97. The van der Waals surface area contributed by atoms with Crippen LogP contribution in [0, 0.1) is 0 Å². The van der Waals surface area contributed by atoms with E-state index in [4.69, 9.17) is 0 Å². The Morgan fingerprint density at radius 1 is 1.13 bits per heavy atom. The van der Waals surface area contributed by atoms with Crippen molar-refractivity contribution in [2.24, 2.45) is 0 Å². The average molecular weight is 235 g/mol. The predicted molar refractivity (Wildman–Crippen MR) is 42.6 cm³/mol. The van der Waals surface area contributed by atoms with Crippen molar-refractivity contribution in [3.63, 3.8) is 0 Å². The molecule has 0 heterocycles. The number of carboxylic acids is 3. The Morgan fingerprint density at radius 3 is 2.00 bits per heavy atom. The molecule has 2 atom stereocenters. The molecule has 7 nitrogen and oxygen atoms in total. The van der Waals surface area contributed by atoms with E-state index in [1.165, 1.54) is 0 Å². The number of rotatable bonds is 7. The molecule has 0 saturated carbocycles. The van der Waals surface area contributed by atoms with Crippen molar-refractivity contribution in [3.8, 4) is 0 Å². The first-order chi connectivity index (χ1) is 6.84. The van der Waals surface area contributed by atoms with Gasteiger partial charge in [0.25, 0.3) is 0 Å². The van der Waals surface area contributed by atoms with E-state index in [0.717, 1.165) is 0 Å². The topological polar surface area (TPSA) is 148 Å². The van der Waals surface area contributed by atoms with Crippen LogP contribution in [0.5, 0.6) is 0 Å². The third-order valence-electron chi connectivity index (χ3n) is 1.45. The second-order valence-electron chi connectivity index (χ2n) is 2.73. The van der Waals surface area contributed by atoms with Gasteiger partial charge >= 0.3 is 0 Å². The number of quaternary nitrogens is 1. The third-order valence-corrected chi connectivity index (χ3v) is 2.80. The first kappa shape index (κ1) is 13.7. The van der Waals surface area contributed by atoms with E-state index in [0.29, 0.717) is 11.8 Å². The molecule has 0 aliphatic heterocycles. The maximum atomic E-state index is 10.4. The summed E-state index contributed by atoms with van der Waals surface area (Å²) in [4.78, 5) is 30.8. The highest BCUT2D eigenvalue weighted by Crippen LogP contribution is 2.14. The molecule has 0 aliphatic rings. The van der Waals surface area contributed by atoms with Crippen molar-refractivity contribution < 1.29 is 35.4 Å². The number of carboxylic acid groups (broad SMARTS) is 3. The number of thioether (sulfide) groups is 1. The van der Waals surface area contributed by atoms with Gasteiger partial charge in [0.15, 0.2) is 0 Å². The van der Waals surface area contributed by atoms with E-state index in [2.05, 4.69) is 5.73 Å². The quantitative estimate of drug-likeness (QED) is 0.462. The largest absolute Gasteiger partial charge is 0.550 e. The van der Waals surface area contributed by atoms with E-state index in [9.17, 15) is 29.7 Å². The van der Waals surface area contributed by atoms with Gasteiger partial charge in [-0.2, -0.15) is 0 Å². The molecule has 0 aromatic rings. The van der Waals surface area contributed by atoms with Crippen LogP contribution >= 0.6 is 11.8 Å². The lowest BCUT2D eigenvalue weighted by atomic mass is 10.3. The summed E-state index contributed by atoms with van der Waals surface area (Å²) < 4.78 is 0. The van der Waals surface area contributed by atoms with Crippen molar-refractivity contribution in [1.29, 1.82) is 0 Å². The highest BCUT2D eigenvalue weighted by Gasteiger charge is 2.15. The fraction of sp³-hybridized carbons (Fsp3) is 0.571. The predicted octanol–water partition coefficient (Wildman–Crippen LogP) is -5.66. The minimum absolute atomic E-state index is 0.158. The Bertz CT molecular complexity index is 268. The lowest BCUT2D eigenvalue weighted by Crippen LogP contribution is -2.69. The van der Waals surface area contributed by atoms with Crippen LogP contribution in [-0.4, -0.2) is 35.0 Å².